The van der Waals surface area contributed by atoms with E-state index in [0.29, 0.717) is 18.7 Å². The minimum atomic E-state index is -0.476. The number of nitriles is 1. The van der Waals surface area contributed by atoms with E-state index in [0.717, 1.165) is 5.69 Å². The molecule has 0 aliphatic carbocycles. The molecule has 1 rings (SSSR count). The third-order valence-electron chi connectivity index (χ3n) is 2.79. The van der Waals surface area contributed by atoms with Gasteiger partial charge < -0.3 is 15.3 Å². The first kappa shape index (κ1) is 15.5. The van der Waals surface area contributed by atoms with Gasteiger partial charge in [0, 0.05) is 25.7 Å². The smallest absolute Gasteiger partial charge is 0.101 e. The van der Waals surface area contributed by atoms with Gasteiger partial charge in [-0.1, -0.05) is 12.1 Å². The zero-order valence-corrected chi connectivity index (χ0v) is 12.1. The molecule has 1 atom stereocenters. The van der Waals surface area contributed by atoms with Crippen LogP contribution in [0.15, 0.2) is 24.3 Å². The highest BCUT2D eigenvalue weighted by molar-refractivity contribution is 5.58. The van der Waals surface area contributed by atoms with Gasteiger partial charge in [0.05, 0.1) is 17.4 Å². The molecule has 1 aromatic carbocycles. The summed E-state index contributed by atoms with van der Waals surface area (Å²) in [6, 6.07) is 9.58. The molecule has 19 heavy (non-hydrogen) atoms. The van der Waals surface area contributed by atoms with Crippen molar-refractivity contribution in [3.8, 4) is 6.07 Å². The van der Waals surface area contributed by atoms with Crippen molar-refractivity contribution < 1.29 is 5.11 Å². The second-order valence-electron chi connectivity index (χ2n) is 5.79. The van der Waals surface area contributed by atoms with Gasteiger partial charge in [-0.15, -0.1) is 0 Å². The lowest BCUT2D eigenvalue weighted by Crippen LogP contribution is -2.44. The van der Waals surface area contributed by atoms with Crippen molar-refractivity contribution in [2.45, 2.75) is 32.4 Å². The fourth-order valence-electron chi connectivity index (χ4n) is 1.80. The molecule has 0 aliphatic rings. The van der Waals surface area contributed by atoms with E-state index in [1.807, 2.05) is 30.1 Å². The highest BCUT2D eigenvalue weighted by atomic mass is 16.3. The molecule has 0 bridgehead atoms. The van der Waals surface area contributed by atoms with Crippen LogP contribution in [0.5, 0.6) is 0 Å². The number of hydrogen-bond acceptors (Lipinski definition) is 4. The Morgan fingerprint density at radius 2 is 2.00 bits per heavy atom. The topological polar surface area (TPSA) is 59.3 Å². The fourth-order valence-corrected chi connectivity index (χ4v) is 1.80. The number of β-amino-alcohol motifs (C(OH)–C–C–N with tert-alkyl or cyclic N) is 1. The van der Waals surface area contributed by atoms with E-state index in [-0.39, 0.29) is 5.54 Å². The van der Waals surface area contributed by atoms with Gasteiger partial charge in [-0.2, -0.15) is 5.26 Å². The molecule has 0 aromatic heterocycles. The summed E-state index contributed by atoms with van der Waals surface area (Å²) in [6.07, 6.45) is -0.476. The number of aliphatic hydroxyl groups is 1. The van der Waals surface area contributed by atoms with E-state index in [1.54, 1.807) is 6.07 Å². The Morgan fingerprint density at radius 3 is 2.58 bits per heavy atom. The number of nitrogens with zero attached hydrogens (tertiary/aromatic N) is 2. The number of benzene rings is 1. The number of anilines is 1. The van der Waals surface area contributed by atoms with E-state index in [1.165, 1.54) is 0 Å². The summed E-state index contributed by atoms with van der Waals surface area (Å²) in [5, 5.41) is 22.3. The summed E-state index contributed by atoms with van der Waals surface area (Å²) >= 11 is 0. The fraction of sp³-hybridized carbons (Fsp3) is 0.533. The molecule has 4 nitrogen and oxygen atoms in total. The van der Waals surface area contributed by atoms with E-state index in [2.05, 4.69) is 32.2 Å². The number of hydrogen-bond donors (Lipinski definition) is 2. The van der Waals surface area contributed by atoms with Crippen LogP contribution in [0.3, 0.4) is 0 Å². The molecule has 0 radical (unpaired) electrons. The number of aliphatic hydroxyl groups excluding tert-OH is 1. The Morgan fingerprint density at radius 1 is 1.37 bits per heavy atom. The lowest BCUT2D eigenvalue weighted by molar-refractivity contribution is 0.167. The Hall–Kier alpha value is -1.57. The summed E-state index contributed by atoms with van der Waals surface area (Å²) in [7, 11) is 1.89. The van der Waals surface area contributed by atoms with E-state index >= 15 is 0 Å². The number of nitrogens with one attached hydrogen (secondary N) is 1. The molecule has 0 spiro atoms. The van der Waals surface area contributed by atoms with Crippen molar-refractivity contribution in [3.63, 3.8) is 0 Å². The number of likely N-dealkylation sites (N-methyl/N-ethyl adjacent to an activating group) is 1. The van der Waals surface area contributed by atoms with Crippen LogP contribution in [0.1, 0.15) is 26.3 Å². The third-order valence-corrected chi connectivity index (χ3v) is 2.79. The molecule has 0 fully saturated rings. The summed E-state index contributed by atoms with van der Waals surface area (Å²) in [4.78, 5) is 1.91. The maximum atomic E-state index is 10.0. The van der Waals surface area contributed by atoms with Gasteiger partial charge in [-0.3, -0.25) is 0 Å². The van der Waals surface area contributed by atoms with Crippen molar-refractivity contribution in [3.05, 3.63) is 29.8 Å². The number of para-hydroxylation sites is 1. The first-order chi connectivity index (χ1) is 8.83. The van der Waals surface area contributed by atoms with E-state index < -0.39 is 6.10 Å². The summed E-state index contributed by atoms with van der Waals surface area (Å²) in [6.45, 7) is 7.21. The maximum Gasteiger partial charge on any atom is 0.101 e. The molecule has 0 saturated heterocycles. The SMILES string of the molecule is CN(CC(O)CNC(C)(C)C)c1ccccc1C#N. The molecule has 4 heteroatoms. The van der Waals surface area contributed by atoms with Crippen LogP contribution >= 0.6 is 0 Å². The molecule has 0 amide bonds. The van der Waals surface area contributed by atoms with Crippen molar-refractivity contribution in [2.75, 3.05) is 25.0 Å². The van der Waals surface area contributed by atoms with E-state index in [9.17, 15) is 5.11 Å². The van der Waals surface area contributed by atoms with E-state index in [4.69, 9.17) is 5.26 Å². The zero-order chi connectivity index (χ0) is 14.5. The molecule has 1 aromatic rings. The van der Waals surface area contributed by atoms with Crippen molar-refractivity contribution >= 4 is 5.69 Å². The first-order valence-electron chi connectivity index (χ1n) is 6.47. The van der Waals surface area contributed by atoms with Crippen molar-refractivity contribution in [2.24, 2.45) is 0 Å². The van der Waals surface area contributed by atoms with Crippen LogP contribution in [-0.2, 0) is 0 Å². The standard InChI is InChI=1S/C15H23N3O/c1-15(2,3)17-10-13(19)11-18(4)14-8-6-5-7-12(14)9-16/h5-8,13,17,19H,10-11H2,1-4H3. The Kier molecular flexibility index (Phi) is 5.34. The van der Waals surface area contributed by atoms with Gasteiger partial charge >= 0.3 is 0 Å². The van der Waals surface area contributed by atoms with Crippen LogP contribution in [0.4, 0.5) is 5.69 Å². The van der Waals surface area contributed by atoms with Gasteiger partial charge in [0.15, 0.2) is 0 Å². The molecular weight excluding hydrogens is 238 g/mol. The first-order valence-corrected chi connectivity index (χ1v) is 6.47. The molecule has 0 heterocycles. The molecule has 0 saturated carbocycles. The minimum Gasteiger partial charge on any atom is -0.390 e. The predicted molar refractivity (Wildman–Crippen MR) is 78.2 cm³/mol. The summed E-state index contributed by atoms with van der Waals surface area (Å²) < 4.78 is 0. The van der Waals surface area contributed by atoms with Gasteiger partial charge in [-0.25, -0.2) is 0 Å². The van der Waals surface area contributed by atoms with Crippen LogP contribution in [0, 0.1) is 11.3 Å². The van der Waals surface area contributed by atoms with Crippen molar-refractivity contribution in [1.82, 2.24) is 5.32 Å². The lowest BCUT2D eigenvalue weighted by Gasteiger charge is -2.27. The van der Waals surface area contributed by atoms with Crippen LogP contribution < -0.4 is 10.2 Å². The minimum absolute atomic E-state index is 0.00981. The normalized spacial score (nSPS) is 12.8. The highest BCUT2D eigenvalue weighted by Crippen LogP contribution is 2.18. The maximum absolute atomic E-state index is 10.0. The van der Waals surface area contributed by atoms with Crippen LogP contribution in [-0.4, -0.2) is 36.9 Å². The lowest BCUT2D eigenvalue weighted by atomic mass is 10.1. The summed E-state index contributed by atoms with van der Waals surface area (Å²) in [5.41, 5.74) is 1.46. The monoisotopic (exact) mass is 261 g/mol. The van der Waals surface area contributed by atoms with Gasteiger partial charge in [0.25, 0.3) is 0 Å². The van der Waals surface area contributed by atoms with Crippen molar-refractivity contribution in [1.29, 1.82) is 5.26 Å². The predicted octanol–water partition coefficient (Wildman–Crippen LogP) is 1.74. The largest absolute Gasteiger partial charge is 0.390 e. The second-order valence-corrected chi connectivity index (χ2v) is 5.79. The Labute approximate surface area is 115 Å². The average molecular weight is 261 g/mol. The number of rotatable bonds is 5. The molecule has 1 unspecified atom stereocenters. The van der Waals surface area contributed by atoms with Crippen LogP contribution in [0.2, 0.25) is 0 Å². The van der Waals surface area contributed by atoms with Gasteiger partial charge in [0.2, 0.25) is 0 Å². The third kappa shape index (κ3) is 5.29. The Bertz CT molecular complexity index is 445. The summed E-state index contributed by atoms with van der Waals surface area (Å²) in [5.74, 6) is 0. The molecular formula is C15H23N3O. The van der Waals surface area contributed by atoms with Gasteiger partial charge in [0.1, 0.15) is 6.07 Å². The molecule has 0 aliphatic heterocycles. The second kappa shape index (κ2) is 6.55. The highest BCUT2D eigenvalue weighted by Gasteiger charge is 2.15. The average Bonchev–Trinajstić information content (AvgIpc) is 2.35. The Balaban J connectivity index is 2.60. The molecule has 104 valence electrons. The zero-order valence-electron chi connectivity index (χ0n) is 12.1. The quantitative estimate of drug-likeness (QED) is 0.847. The molecule has 2 N–H and O–H groups in total. The van der Waals surface area contributed by atoms with Crippen LogP contribution in [0.25, 0.3) is 0 Å². The van der Waals surface area contributed by atoms with Gasteiger partial charge in [-0.05, 0) is 32.9 Å².